The zero-order valence-electron chi connectivity index (χ0n) is 8.00. The van der Waals surface area contributed by atoms with Gasteiger partial charge in [0.2, 0.25) is 0 Å². The molecule has 2 N–H and O–H groups in total. The van der Waals surface area contributed by atoms with Crippen molar-refractivity contribution in [1.29, 1.82) is 0 Å². The lowest BCUT2D eigenvalue weighted by Crippen LogP contribution is -1.97. The van der Waals surface area contributed by atoms with E-state index in [4.69, 9.17) is 5.73 Å². The molecular formula is C10H12BrN3. The maximum Gasteiger partial charge on any atom is 0.112 e. The Morgan fingerprint density at radius 2 is 2.29 bits per heavy atom. The molecule has 0 aliphatic carbocycles. The predicted molar refractivity (Wildman–Crippen MR) is 61.0 cm³/mol. The Kier molecular flexibility index (Phi) is 2.56. The van der Waals surface area contributed by atoms with Crippen LogP contribution in [0.5, 0.6) is 0 Å². The van der Waals surface area contributed by atoms with Crippen molar-refractivity contribution in [2.75, 3.05) is 0 Å². The standard InChI is InChI=1S/C10H12BrN3/c1-2-14-10(11)9-7(6-12)4-3-5-8(9)13-14/h3-5H,2,6,12H2,1H3. The van der Waals surface area contributed by atoms with E-state index in [0.717, 1.165) is 27.6 Å². The SMILES string of the molecule is CCn1nc2cccc(CN)c2c1Br. The third-order valence-corrected chi connectivity index (χ3v) is 3.12. The predicted octanol–water partition coefficient (Wildman–Crippen LogP) is 2.28. The molecule has 0 unspecified atom stereocenters. The Morgan fingerprint density at radius 1 is 1.50 bits per heavy atom. The van der Waals surface area contributed by atoms with Crippen molar-refractivity contribution in [2.24, 2.45) is 5.73 Å². The molecule has 0 spiro atoms. The van der Waals surface area contributed by atoms with Gasteiger partial charge in [0.1, 0.15) is 4.60 Å². The molecule has 3 nitrogen and oxygen atoms in total. The van der Waals surface area contributed by atoms with Crippen LogP contribution >= 0.6 is 15.9 Å². The van der Waals surface area contributed by atoms with Crippen LogP contribution in [0.1, 0.15) is 12.5 Å². The molecule has 0 saturated heterocycles. The normalized spacial score (nSPS) is 11.1. The molecular weight excluding hydrogens is 242 g/mol. The van der Waals surface area contributed by atoms with Crippen molar-refractivity contribution in [3.05, 3.63) is 28.4 Å². The van der Waals surface area contributed by atoms with Gasteiger partial charge in [-0.15, -0.1) is 0 Å². The van der Waals surface area contributed by atoms with Crippen molar-refractivity contribution in [1.82, 2.24) is 9.78 Å². The van der Waals surface area contributed by atoms with Crippen LogP contribution in [0.15, 0.2) is 22.8 Å². The first-order valence-electron chi connectivity index (χ1n) is 4.62. The molecule has 0 atom stereocenters. The molecule has 2 rings (SSSR count). The summed E-state index contributed by atoms with van der Waals surface area (Å²) >= 11 is 3.55. The van der Waals surface area contributed by atoms with Crippen molar-refractivity contribution < 1.29 is 0 Å². The average molecular weight is 254 g/mol. The number of aryl methyl sites for hydroxylation is 1. The van der Waals surface area contributed by atoms with E-state index in [1.807, 2.05) is 22.9 Å². The van der Waals surface area contributed by atoms with E-state index in [1.54, 1.807) is 0 Å². The summed E-state index contributed by atoms with van der Waals surface area (Å²) in [6.07, 6.45) is 0. The van der Waals surface area contributed by atoms with Gasteiger partial charge in [0.25, 0.3) is 0 Å². The molecule has 0 amide bonds. The minimum atomic E-state index is 0.547. The summed E-state index contributed by atoms with van der Waals surface area (Å²) in [6, 6.07) is 6.03. The number of halogens is 1. The second-order valence-electron chi connectivity index (χ2n) is 3.12. The van der Waals surface area contributed by atoms with Gasteiger partial charge in [-0.05, 0) is 34.5 Å². The Morgan fingerprint density at radius 3 is 2.93 bits per heavy atom. The number of hydrogen-bond donors (Lipinski definition) is 1. The van der Waals surface area contributed by atoms with Crippen LogP contribution in [0.3, 0.4) is 0 Å². The molecule has 0 aliphatic rings. The van der Waals surface area contributed by atoms with E-state index in [1.165, 1.54) is 0 Å². The molecule has 0 bridgehead atoms. The highest BCUT2D eigenvalue weighted by Crippen LogP contribution is 2.26. The summed E-state index contributed by atoms with van der Waals surface area (Å²) < 4.78 is 2.96. The van der Waals surface area contributed by atoms with Crippen molar-refractivity contribution in [3.63, 3.8) is 0 Å². The molecule has 1 heterocycles. The molecule has 1 aromatic carbocycles. The molecule has 0 radical (unpaired) electrons. The Balaban J connectivity index is 2.79. The highest BCUT2D eigenvalue weighted by atomic mass is 79.9. The van der Waals surface area contributed by atoms with Gasteiger partial charge in [0, 0.05) is 18.5 Å². The lowest BCUT2D eigenvalue weighted by atomic mass is 10.1. The van der Waals surface area contributed by atoms with Gasteiger partial charge in [-0.1, -0.05) is 12.1 Å². The van der Waals surface area contributed by atoms with Crippen LogP contribution in [-0.4, -0.2) is 9.78 Å². The molecule has 1 aromatic heterocycles. The number of nitrogens with two attached hydrogens (primary N) is 1. The molecule has 0 fully saturated rings. The number of aromatic nitrogens is 2. The monoisotopic (exact) mass is 253 g/mol. The van der Waals surface area contributed by atoms with Gasteiger partial charge in [0.05, 0.1) is 5.52 Å². The molecule has 0 saturated carbocycles. The summed E-state index contributed by atoms with van der Waals surface area (Å²) in [6.45, 7) is 3.48. The fourth-order valence-corrected chi connectivity index (χ4v) is 2.38. The van der Waals surface area contributed by atoms with Gasteiger partial charge in [-0.3, -0.25) is 4.68 Å². The summed E-state index contributed by atoms with van der Waals surface area (Å²) in [5, 5.41) is 5.59. The lowest BCUT2D eigenvalue weighted by molar-refractivity contribution is 0.653. The molecule has 0 aliphatic heterocycles. The third-order valence-electron chi connectivity index (χ3n) is 2.31. The third kappa shape index (κ3) is 1.35. The van der Waals surface area contributed by atoms with E-state index >= 15 is 0 Å². The van der Waals surface area contributed by atoms with Crippen LogP contribution in [0, 0.1) is 0 Å². The minimum absolute atomic E-state index is 0.547. The first-order valence-corrected chi connectivity index (χ1v) is 5.41. The van der Waals surface area contributed by atoms with E-state index in [0.29, 0.717) is 6.54 Å². The maximum atomic E-state index is 5.68. The summed E-state index contributed by atoms with van der Waals surface area (Å²) in [4.78, 5) is 0. The van der Waals surface area contributed by atoms with Crippen LogP contribution in [-0.2, 0) is 13.1 Å². The molecule has 14 heavy (non-hydrogen) atoms. The molecule has 4 heteroatoms. The van der Waals surface area contributed by atoms with Crippen molar-refractivity contribution >= 4 is 26.8 Å². The number of nitrogens with zero attached hydrogens (tertiary/aromatic N) is 2. The van der Waals surface area contributed by atoms with Crippen molar-refractivity contribution in [3.8, 4) is 0 Å². The topological polar surface area (TPSA) is 43.8 Å². The van der Waals surface area contributed by atoms with Crippen molar-refractivity contribution in [2.45, 2.75) is 20.0 Å². The highest BCUT2D eigenvalue weighted by Gasteiger charge is 2.10. The molecule has 74 valence electrons. The van der Waals surface area contributed by atoms with E-state index in [2.05, 4.69) is 28.0 Å². The number of fused-ring (bicyclic) bond motifs is 1. The number of benzene rings is 1. The Labute approximate surface area is 91.0 Å². The Bertz CT molecular complexity index is 462. The van der Waals surface area contributed by atoms with E-state index in [-0.39, 0.29) is 0 Å². The second-order valence-corrected chi connectivity index (χ2v) is 3.87. The zero-order valence-corrected chi connectivity index (χ0v) is 9.58. The van der Waals surface area contributed by atoms with Crippen LogP contribution < -0.4 is 5.73 Å². The summed E-state index contributed by atoms with van der Waals surface area (Å²) in [5.41, 5.74) is 7.81. The summed E-state index contributed by atoms with van der Waals surface area (Å²) in [5.74, 6) is 0. The maximum absolute atomic E-state index is 5.68. The first-order chi connectivity index (χ1) is 6.77. The summed E-state index contributed by atoms with van der Waals surface area (Å²) in [7, 11) is 0. The zero-order chi connectivity index (χ0) is 10.1. The second kappa shape index (κ2) is 3.71. The largest absolute Gasteiger partial charge is 0.326 e. The average Bonchev–Trinajstić information content (AvgIpc) is 2.55. The fourth-order valence-electron chi connectivity index (χ4n) is 1.59. The van der Waals surface area contributed by atoms with Gasteiger partial charge in [0.15, 0.2) is 0 Å². The van der Waals surface area contributed by atoms with Gasteiger partial charge >= 0.3 is 0 Å². The van der Waals surface area contributed by atoms with Crippen LogP contribution in [0.25, 0.3) is 10.9 Å². The molecule has 2 aromatic rings. The lowest BCUT2D eigenvalue weighted by Gasteiger charge is -1.99. The van der Waals surface area contributed by atoms with E-state index < -0.39 is 0 Å². The smallest absolute Gasteiger partial charge is 0.112 e. The van der Waals surface area contributed by atoms with Crippen LogP contribution in [0.2, 0.25) is 0 Å². The number of rotatable bonds is 2. The Hall–Kier alpha value is -0.870. The van der Waals surface area contributed by atoms with Crippen LogP contribution in [0.4, 0.5) is 0 Å². The van der Waals surface area contributed by atoms with Gasteiger partial charge < -0.3 is 5.73 Å². The first kappa shape index (κ1) is 9.68. The fraction of sp³-hybridized carbons (Fsp3) is 0.300. The van der Waals surface area contributed by atoms with E-state index in [9.17, 15) is 0 Å². The number of hydrogen-bond acceptors (Lipinski definition) is 2. The quantitative estimate of drug-likeness (QED) is 0.893. The highest BCUT2D eigenvalue weighted by molar-refractivity contribution is 9.10. The van der Waals surface area contributed by atoms with Gasteiger partial charge in [-0.25, -0.2) is 0 Å². The van der Waals surface area contributed by atoms with Gasteiger partial charge in [-0.2, -0.15) is 5.10 Å². The minimum Gasteiger partial charge on any atom is -0.326 e.